The van der Waals surface area contributed by atoms with Crippen LogP contribution < -0.4 is 14.8 Å². The zero-order valence-corrected chi connectivity index (χ0v) is 17.3. The van der Waals surface area contributed by atoms with E-state index in [0.29, 0.717) is 12.2 Å². The molecule has 1 atom stereocenters. The van der Waals surface area contributed by atoms with Gasteiger partial charge in [-0.25, -0.2) is 0 Å². The Kier molecular flexibility index (Phi) is 5.47. The molecule has 152 valence electrons. The number of fused-ring (bicyclic) bond motifs is 2. The highest BCUT2D eigenvalue weighted by Gasteiger charge is 2.26. The highest BCUT2D eigenvalue weighted by atomic mass is 16.5. The monoisotopic (exact) mass is 392 g/mol. The topological polar surface area (TPSA) is 52.5 Å². The Morgan fingerprint density at radius 1 is 1.17 bits per heavy atom. The molecule has 0 aliphatic heterocycles. The molecule has 0 saturated carbocycles. The van der Waals surface area contributed by atoms with Crippen molar-refractivity contribution >= 4 is 16.8 Å². The first-order valence-corrected chi connectivity index (χ1v) is 10.2. The third-order valence-electron chi connectivity index (χ3n) is 5.89. The molecule has 0 spiro atoms. The maximum Gasteiger partial charge on any atom is 0.220 e. The van der Waals surface area contributed by atoms with Crippen LogP contribution in [0.1, 0.15) is 42.0 Å². The summed E-state index contributed by atoms with van der Waals surface area (Å²) in [4.78, 5) is 12.6. The molecule has 1 heterocycles. The van der Waals surface area contributed by atoms with E-state index in [1.54, 1.807) is 14.2 Å². The van der Waals surface area contributed by atoms with Crippen LogP contribution in [0.5, 0.6) is 11.5 Å². The molecule has 0 radical (unpaired) electrons. The molecule has 2 aromatic carbocycles. The SMILES string of the molecule is COc1cc2c(cc1OC)[C@@H](NC(=O)CCCc1cn(C)c3ccccc13)CC2. The van der Waals surface area contributed by atoms with Crippen molar-refractivity contribution < 1.29 is 14.3 Å². The van der Waals surface area contributed by atoms with Crippen LogP contribution in [0, 0.1) is 0 Å². The summed E-state index contributed by atoms with van der Waals surface area (Å²) in [7, 11) is 5.35. The lowest BCUT2D eigenvalue weighted by molar-refractivity contribution is -0.121. The van der Waals surface area contributed by atoms with Gasteiger partial charge in [0.05, 0.1) is 20.3 Å². The van der Waals surface area contributed by atoms with E-state index in [2.05, 4.69) is 47.4 Å². The Hall–Kier alpha value is -2.95. The van der Waals surface area contributed by atoms with Crippen molar-refractivity contribution in [3.05, 3.63) is 59.3 Å². The van der Waals surface area contributed by atoms with Crippen molar-refractivity contribution in [2.75, 3.05) is 14.2 Å². The number of para-hydroxylation sites is 1. The first-order chi connectivity index (χ1) is 14.1. The number of aromatic nitrogens is 1. The van der Waals surface area contributed by atoms with E-state index in [1.165, 1.54) is 22.0 Å². The summed E-state index contributed by atoms with van der Waals surface area (Å²) in [5.74, 6) is 1.56. The molecule has 3 aromatic rings. The van der Waals surface area contributed by atoms with Gasteiger partial charge in [-0.05, 0) is 60.6 Å². The van der Waals surface area contributed by atoms with Gasteiger partial charge >= 0.3 is 0 Å². The van der Waals surface area contributed by atoms with Gasteiger partial charge in [0.1, 0.15) is 0 Å². The average Bonchev–Trinajstić information content (AvgIpc) is 3.27. The predicted molar refractivity (Wildman–Crippen MR) is 115 cm³/mol. The molecular weight excluding hydrogens is 364 g/mol. The van der Waals surface area contributed by atoms with Crippen LogP contribution >= 0.6 is 0 Å². The number of nitrogens with zero attached hydrogens (tertiary/aromatic N) is 1. The molecular formula is C24H28N2O3. The molecule has 0 fully saturated rings. The van der Waals surface area contributed by atoms with E-state index in [4.69, 9.17) is 9.47 Å². The zero-order chi connectivity index (χ0) is 20.4. The van der Waals surface area contributed by atoms with Crippen LogP contribution in [0.25, 0.3) is 10.9 Å². The van der Waals surface area contributed by atoms with Crippen molar-refractivity contribution in [3.63, 3.8) is 0 Å². The summed E-state index contributed by atoms with van der Waals surface area (Å²) in [5.41, 5.74) is 4.91. The number of nitrogens with one attached hydrogen (secondary N) is 1. The second kappa shape index (κ2) is 8.19. The summed E-state index contributed by atoms with van der Waals surface area (Å²) in [5, 5.41) is 4.49. The summed E-state index contributed by atoms with van der Waals surface area (Å²) < 4.78 is 13.0. The number of aryl methyl sites for hydroxylation is 3. The molecule has 0 bridgehead atoms. The van der Waals surface area contributed by atoms with Gasteiger partial charge in [-0.1, -0.05) is 18.2 Å². The van der Waals surface area contributed by atoms with Crippen LogP contribution in [0.3, 0.4) is 0 Å². The van der Waals surface area contributed by atoms with Crippen LogP contribution in [0.4, 0.5) is 0 Å². The Morgan fingerprint density at radius 3 is 2.72 bits per heavy atom. The molecule has 1 N–H and O–H groups in total. The second-order valence-electron chi connectivity index (χ2n) is 7.70. The molecule has 0 unspecified atom stereocenters. The van der Waals surface area contributed by atoms with E-state index in [1.807, 2.05) is 12.1 Å². The molecule has 29 heavy (non-hydrogen) atoms. The van der Waals surface area contributed by atoms with Gasteiger partial charge in [-0.2, -0.15) is 0 Å². The number of rotatable bonds is 7. The van der Waals surface area contributed by atoms with Crippen LogP contribution in [-0.2, 0) is 24.7 Å². The van der Waals surface area contributed by atoms with Crippen molar-refractivity contribution in [2.45, 2.75) is 38.1 Å². The van der Waals surface area contributed by atoms with E-state index >= 15 is 0 Å². The summed E-state index contributed by atoms with van der Waals surface area (Å²) in [6.07, 6.45) is 6.31. The molecule has 5 nitrogen and oxygen atoms in total. The largest absolute Gasteiger partial charge is 0.493 e. The maximum atomic E-state index is 12.6. The number of ether oxygens (including phenoxy) is 2. The minimum Gasteiger partial charge on any atom is -0.493 e. The smallest absolute Gasteiger partial charge is 0.220 e. The third kappa shape index (κ3) is 3.82. The van der Waals surface area contributed by atoms with Crippen LogP contribution in [0.2, 0.25) is 0 Å². The van der Waals surface area contributed by atoms with Gasteiger partial charge in [0.15, 0.2) is 11.5 Å². The van der Waals surface area contributed by atoms with E-state index < -0.39 is 0 Å². The van der Waals surface area contributed by atoms with Crippen LogP contribution in [0.15, 0.2) is 42.6 Å². The van der Waals surface area contributed by atoms with Crippen molar-refractivity contribution in [1.82, 2.24) is 9.88 Å². The lowest BCUT2D eigenvalue weighted by Crippen LogP contribution is -2.26. The van der Waals surface area contributed by atoms with Crippen molar-refractivity contribution in [1.29, 1.82) is 0 Å². The highest BCUT2D eigenvalue weighted by molar-refractivity contribution is 5.84. The lowest BCUT2D eigenvalue weighted by Gasteiger charge is -2.16. The number of carbonyl (C=O) groups is 1. The Morgan fingerprint density at radius 2 is 1.93 bits per heavy atom. The van der Waals surface area contributed by atoms with Gasteiger partial charge < -0.3 is 19.4 Å². The van der Waals surface area contributed by atoms with Gasteiger partial charge in [-0.3, -0.25) is 4.79 Å². The number of hydrogen-bond acceptors (Lipinski definition) is 3. The molecule has 5 heteroatoms. The molecule has 4 rings (SSSR count). The lowest BCUT2D eigenvalue weighted by atomic mass is 10.1. The van der Waals surface area contributed by atoms with Gasteiger partial charge in [-0.15, -0.1) is 0 Å². The third-order valence-corrected chi connectivity index (χ3v) is 5.89. The minimum atomic E-state index is 0.0508. The van der Waals surface area contributed by atoms with E-state index in [9.17, 15) is 4.79 Å². The van der Waals surface area contributed by atoms with E-state index in [0.717, 1.165) is 37.0 Å². The molecule has 1 aliphatic rings. The normalized spacial score (nSPS) is 15.3. The summed E-state index contributed by atoms with van der Waals surface area (Å²) in [6, 6.07) is 12.5. The standard InChI is InChI=1S/C24H28N2O3/c1-26-15-17(18-8-4-5-9-21(18)26)7-6-10-24(27)25-20-12-11-16-13-22(28-2)23(29-3)14-19(16)20/h4-5,8-9,13-15,20H,6-7,10-12H2,1-3H3,(H,25,27)/t20-/m0/s1. The minimum absolute atomic E-state index is 0.0508. The number of carbonyl (C=O) groups excluding carboxylic acids is 1. The molecule has 1 aromatic heterocycles. The number of benzene rings is 2. The number of methoxy groups -OCH3 is 2. The number of amides is 1. The summed E-state index contributed by atoms with van der Waals surface area (Å²) in [6.45, 7) is 0. The Bertz CT molecular complexity index is 1040. The van der Waals surface area contributed by atoms with E-state index in [-0.39, 0.29) is 11.9 Å². The van der Waals surface area contributed by atoms with Crippen molar-refractivity contribution in [3.8, 4) is 11.5 Å². The van der Waals surface area contributed by atoms with Crippen molar-refractivity contribution in [2.24, 2.45) is 7.05 Å². The van der Waals surface area contributed by atoms with Crippen LogP contribution in [-0.4, -0.2) is 24.7 Å². The predicted octanol–water partition coefficient (Wildman–Crippen LogP) is 4.32. The first-order valence-electron chi connectivity index (χ1n) is 10.2. The first kappa shape index (κ1) is 19.4. The fraction of sp³-hybridized carbons (Fsp3) is 0.375. The highest BCUT2D eigenvalue weighted by Crippen LogP contribution is 2.39. The number of hydrogen-bond donors (Lipinski definition) is 1. The second-order valence-corrected chi connectivity index (χ2v) is 7.70. The molecule has 1 aliphatic carbocycles. The molecule has 1 amide bonds. The fourth-order valence-electron chi connectivity index (χ4n) is 4.41. The van der Waals surface area contributed by atoms with Gasteiger partial charge in [0, 0.05) is 30.6 Å². The fourth-order valence-corrected chi connectivity index (χ4v) is 4.41. The zero-order valence-electron chi connectivity index (χ0n) is 17.3. The average molecular weight is 392 g/mol. The summed E-state index contributed by atoms with van der Waals surface area (Å²) >= 11 is 0. The maximum absolute atomic E-state index is 12.6. The Balaban J connectivity index is 1.36. The molecule has 0 saturated heterocycles. The quantitative estimate of drug-likeness (QED) is 0.651. The van der Waals surface area contributed by atoms with Gasteiger partial charge in [0.2, 0.25) is 5.91 Å². The van der Waals surface area contributed by atoms with Gasteiger partial charge in [0.25, 0.3) is 0 Å². The Labute approximate surface area is 171 Å².